The second kappa shape index (κ2) is 3.24. The van der Waals surface area contributed by atoms with Gasteiger partial charge in [0.1, 0.15) is 0 Å². The topological polar surface area (TPSA) is 59.0 Å². The Hall–Kier alpha value is -1.24. The number of rotatable bonds is 1. The Bertz CT molecular complexity index is 306. The molecule has 0 fully saturated rings. The summed E-state index contributed by atoms with van der Waals surface area (Å²) in [4.78, 5) is 4.40. The van der Waals surface area contributed by atoms with E-state index in [9.17, 15) is 0 Å². The van der Waals surface area contributed by atoms with Crippen LogP contribution in [0.1, 0.15) is 5.56 Å². The maximum atomic E-state index is 8.44. The smallest absolute Gasteiger partial charge is 0.165 e. The third kappa shape index (κ3) is 1.61. The van der Waals surface area contributed by atoms with Crippen molar-refractivity contribution in [3.05, 3.63) is 28.8 Å². The fraction of sp³-hybridized carbons (Fsp3) is 0. The molecule has 11 heavy (non-hydrogen) atoms. The molecular formula is C7H5ClN2O. The summed E-state index contributed by atoms with van der Waals surface area (Å²) in [6.45, 7) is 0. The van der Waals surface area contributed by atoms with Crippen LogP contribution in [-0.4, -0.2) is 0 Å². The molecule has 2 N–H and O–H groups in total. The first-order chi connectivity index (χ1) is 5.27. The second-order valence-electron chi connectivity index (χ2n) is 1.87. The van der Waals surface area contributed by atoms with Crippen molar-refractivity contribution in [2.75, 3.05) is 0 Å². The molecule has 0 heterocycles. The van der Waals surface area contributed by atoms with E-state index in [1.807, 2.05) is 6.07 Å². The molecule has 0 unspecified atom stereocenters. The number of halogens is 1. The van der Waals surface area contributed by atoms with Crippen LogP contribution in [0.3, 0.4) is 0 Å². The Morgan fingerprint density at radius 3 is 2.73 bits per heavy atom. The first-order valence-electron chi connectivity index (χ1n) is 2.84. The average Bonchev–Trinajstić information content (AvgIpc) is 2.04. The van der Waals surface area contributed by atoms with Crippen LogP contribution in [0.5, 0.6) is 5.75 Å². The minimum atomic E-state index is 0.339. The van der Waals surface area contributed by atoms with Gasteiger partial charge in [-0.2, -0.15) is 11.2 Å². The van der Waals surface area contributed by atoms with Gasteiger partial charge < -0.3 is 4.84 Å². The predicted molar refractivity (Wildman–Crippen MR) is 41.0 cm³/mol. The summed E-state index contributed by atoms with van der Waals surface area (Å²) < 4.78 is 0. The predicted octanol–water partition coefficient (Wildman–Crippen LogP) is 1.46. The first-order valence-corrected chi connectivity index (χ1v) is 3.22. The summed E-state index contributed by atoms with van der Waals surface area (Å²) in [6, 6.07) is 6.55. The summed E-state index contributed by atoms with van der Waals surface area (Å²) in [7, 11) is 0. The molecule has 0 radical (unpaired) electrons. The van der Waals surface area contributed by atoms with Gasteiger partial charge in [-0.15, -0.1) is 0 Å². The van der Waals surface area contributed by atoms with Crippen molar-refractivity contribution in [2.24, 2.45) is 5.90 Å². The Balaban J connectivity index is 3.12. The summed E-state index contributed by atoms with van der Waals surface area (Å²) in [5.41, 5.74) is 0.482. The maximum Gasteiger partial charge on any atom is 0.165 e. The van der Waals surface area contributed by atoms with Crippen molar-refractivity contribution in [3.8, 4) is 11.8 Å². The Morgan fingerprint density at radius 2 is 2.27 bits per heavy atom. The lowest BCUT2D eigenvalue weighted by Crippen LogP contribution is -2.02. The van der Waals surface area contributed by atoms with Crippen LogP contribution in [-0.2, 0) is 0 Å². The molecule has 1 rings (SSSR count). The number of nitrogens with zero attached hydrogens (tertiary/aromatic N) is 1. The molecule has 0 amide bonds. The quantitative estimate of drug-likeness (QED) is 0.646. The van der Waals surface area contributed by atoms with Gasteiger partial charge in [-0.25, -0.2) is 0 Å². The van der Waals surface area contributed by atoms with E-state index < -0.39 is 0 Å². The monoisotopic (exact) mass is 168 g/mol. The van der Waals surface area contributed by atoms with Crippen molar-refractivity contribution in [3.63, 3.8) is 0 Å². The minimum Gasteiger partial charge on any atom is -0.410 e. The van der Waals surface area contributed by atoms with Gasteiger partial charge in [-0.1, -0.05) is 11.6 Å². The number of hydrogen-bond acceptors (Lipinski definition) is 3. The van der Waals surface area contributed by atoms with Crippen LogP contribution < -0.4 is 10.7 Å². The van der Waals surface area contributed by atoms with E-state index >= 15 is 0 Å². The lowest BCUT2D eigenvalue weighted by Gasteiger charge is -1.99. The van der Waals surface area contributed by atoms with Crippen LogP contribution in [0.15, 0.2) is 18.2 Å². The van der Waals surface area contributed by atoms with Crippen molar-refractivity contribution < 1.29 is 4.84 Å². The van der Waals surface area contributed by atoms with Crippen molar-refractivity contribution in [1.29, 1.82) is 5.26 Å². The lowest BCUT2D eigenvalue weighted by molar-refractivity contribution is 0.334. The van der Waals surface area contributed by atoms with E-state index in [0.29, 0.717) is 16.3 Å². The zero-order valence-corrected chi connectivity index (χ0v) is 6.30. The zero-order chi connectivity index (χ0) is 8.27. The van der Waals surface area contributed by atoms with Gasteiger partial charge in [0.25, 0.3) is 0 Å². The summed E-state index contributed by atoms with van der Waals surface area (Å²) in [5.74, 6) is 5.24. The standard InChI is InChI=1S/C7H5ClN2O/c8-6-3-5(4-9)1-2-7(6)11-10/h1-3H,10H2. The van der Waals surface area contributed by atoms with E-state index in [-0.39, 0.29) is 0 Å². The fourth-order valence-corrected chi connectivity index (χ4v) is 0.891. The number of hydrogen-bond donors (Lipinski definition) is 1. The molecule has 0 bridgehead atoms. The van der Waals surface area contributed by atoms with Crippen LogP contribution in [0.25, 0.3) is 0 Å². The fourth-order valence-electron chi connectivity index (χ4n) is 0.666. The molecule has 1 aromatic rings. The molecule has 0 aromatic heterocycles. The number of nitriles is 1. The molecule has 0 atom stereocenters. The lowest BCUT2D eigenvalue weighted by atomic mass is 10.2. The highest BCUT2D eigenvalue weighted by atomic mass is 35.5. The SMILES string of the molecule is N#Cc1ccc(ON)c(Cl)c1. The third-order valence-electron chi connectivity index (χ3n) is 1.19. The number of nitrogens with two attached hydrogens (primary N) is 1. The second-order valence-corrected chi connectivity index (χ2v) is 2.28. The molecule has 1 aromatic carbocycles. The summed E-state index contributed by atoms with van der Waals surface area (Å²) in [6.07, 6.45) is 0. The highest BCUT2D eigenvalue weighted by molar-refractivity contribution is 6.32. The normalized spacial score (nSPS) is 8.82. The molecule has 0 saturated heterocycles. The Morgan fingerprint density at radius 1 is 1.55 bits per heavy atom. The minimum absolute atomic E-state index is 0.339. The van der Waals surface area contributed by atoms with Crippen LogP contribution in [0, 0.1) is 11.3 Å². The van der Waals surface area contributed by atoms with Crippen LogP contribution in [0.4, 0.5) is 0 Å². The number of benzene rings is 1. The Kier molecular flexibility index (Phi) is 2.32. The molecule has 0 aliphatic carbocycles. The van der Waals surface area contributed by atoms with E-state index in [4.69, 9.17) is 22.8 Å². The van der Waals surface area contributed by atoms with E-state index in [1.165, 1.54) is 6.07 Å². The van der Waals surface area contributed by atoms with Crippen molar-refractivity contribution in [2.45, 2.75) is 0 Å². The highest BCUT2D eigenvalue weighted by Crippen LogP contribution is 2.23. The van der Waals surface area contributed by atoms with Gasteiger partial charge in [0.05, 0.1) is 16.7 Å². The largest absolute Gasteiger partial charge is 0.410 e. The average molecular weight is 169 g/mol. The van der Waals surface area contributed by atoms with Gasteiger partial charge in [0, 0.05) is 0 Å². The van der Waals surface area contributed by atoms with Gasteiger partial charge in [-0.05, 0) is 18.2 Å². The molecule has 4 heteroatoms. The van der Waals surface area contributed by atoms with E-state index in [0.717, 1.165) is 0 Å². The molecule has 3 nitrogen and oxygen atoms in total. The molecule has 0 aliphatic rings. The summed E-state index contributed by atoms with van der Waals surface area (Å²) in [5, 5.41) is 8.78. The first kappa shape index (κ1) is 7.86. The van der Waals surface area contributed by atoms with Crippen molar-refractivity contribution >= 4 is 11.6 Å². The highest BCUT2D eigenvalue weighted by Gasteiger charge is 2.00. The Labute approximate surface area is 68.9 Å². The van der Waals surface area contributed by atoms with E-state index in [2.05, 4.69) is 4.84 Å². The zero-order valence-electron chi connectivity index (χ0n) is 5.54. The molecule has 0 spiro atoms. The molecule has 0 aliphatic heterocycles. The molecule has 0 saturated carbocycles. The van der Waals surface area contributed by atoms with Crippen LogP contribution in [0.2, 0.25) is 5.02 Å². The molecular weight excluding hydrogens is 164 g/mol. The van der Waals surface area contributed by atoms with Gasteiger partial charge in [0.2, 0.25) is 0 Å². The molecule has 56 valence electrons. The maximum absolute atomic E-state index is 8.44. The van der Waals surface area contributed by atoms with E-state index in [1.54, 1.807) is 12.1 Å². The van der Waals surface area contributed by atoms with Gasteiger partial charge in [-0.3, -0.25) is 0 Å². The van der Waals surface area contributed by atoms with Crippen LogP contribution >= 0.6 is 11.6 Å². The summed E-state index contributed by atoms with van der Waals surface area (Å²) >= 11 is 5.65. The van der Waals surface area contributed by atoms with Crippen molar-refractivity contribution in [1.82, 2.24) is 0 Å². The van der Waals surface area contributed by atoms with Gasteiger partial charge in [0.15, 0.2) is 5.75 Å². The third-order valence-corrected chi connectivity index (χ3v) is 1.48. The van der Waals surface area contributed by atoms with Gasteiger partial charge >= 0.3 is 0 Å².